The van der Waals surface area contributed by atoms with E-state index in [1.807, 2.05) is 0 Å². The number of rotatable bonds is 4. The number of ether oxygens (including phenoxy) is 1. The Morgan fingerprint density at radius 2 is 2.27 bits per heavy atom. The van der Waals surface area contributed by atoms with Crippen molar-refractivity contribution in [1.82, 2.24) is 0 Å². The van der Waals surface area contributed by atoms with Gasteiger partial charge in [0, 0.05) is 0 Å². The molecular weight excluding hydrogens is 195 g/mol. The summed E-state index contributed by atoms with van der Waals surface area (Å²) in [5.74, 6) is 0.164. The van der Waals surface area contributed by atoms with Crippen LogP contribution in [-0.4, -0.2) is 12.4 Å². The predicted molar refractivity (Wildman–Crippen MR) is 55.6 cm³/mol. The molecule has 15 heavy (non-hydrogen) atoms. The summed E-state index contributed by atoms with van der Waals surface area (Å²) in [5, 5.41) is 7.28. The summed E-state index contributed by atoms with van der Waals surface area (Å²) < 4.78 is 18.8. The zero-order valence-corrected chi connectivity index (χ0v) is 8.29. The zero-order valence-electron chi connectivity index (χ0n) is 8.29. The van der Waals surface area contributed by atoms with Crippen LogP contribution in [0.2, 0.25) is 0 Å². The van der Waals surface area contributed by atoms with Gasteiger partial charge in [-0.25, -0.2) is 4.39 Å². The molecule has 0 radical (unpaired) electrons. The highest BCUT2D eigenvalue weighted by Gasteiger charge is 2.23. The van der Waals surface area contributed by atoms with Crippen molar-refractivity contribution in [2.24, 2.45) is 11.7 Å². The van der Waals surface area contributed by atoms with E-state index in [2.05, 4.69) is 0 Å². The molecule has 2 rings (SSSR count). The standard InChI is InChI=1S/C11H13FN2O/c12-8-2-1-3-9(10(8)11(13)14)15-6-7-4-5-7/h1-3,7H,4-6H2,(H3,13,14). The molecule has 1 aliphatic rings. The molecule has 0 aromatic heterocycles. The average molecular weight is 208 g/mol. The number of hydrogen-bond donors (Lipinski definition) is 2. The number of halogens is 1. The van der Waals surface area contributed by atoms with Crippen molar-refractivity contribution < 1.29 is 9.13 Å². The summed E-state index contributed by atoms with van der Waals surface area (Å²) in [6, 6.07) is 4.48. The van der Waals surface area contributed by atoms with Crippen LogP contribution in [0.15, 0.2) is 18.2 Å². The van der Waals surface area contributed by atoms with E-state index in [9.17, 15) is 4.39 Å². The Morgan fingerprint density at radius 3 is 2.87 bits per heavy atom. The highest BCUT2D eigenvalue weighted by molar-refractivity contribution is 5.97. The van der Waals surface area contributed by atoms with E-state index in [4.69, 9.17) is 15.9 Å². The Bertz CT molecular complexity index is 388. The molecule has 1 aromatic carbocycles. The Labute approximate surface area is 87.6 Å². The van der Waals surface area contributed by atoms with Gasteiger partial charge in [-0.05, 0) is 30.9 Å². The molecule has 4 heteroatoms. The summed E-state index contributed by atoms with van der Waals surface area (Å²) >= 11 is 0. The lowest BCUT2D eigenvalue weighted by atomic mass is 10.1. The van der Waals surface area contributed by atoms with Crippen molar-refractivity contribution in [2.45, 2.75) is 12.8 Å². The van der Waals surface area contributed by atoms with Gasteiger partial charge in [0.1, 0.15) is 17.4 Å². The Kier molecular flexibility index (Phi) is 2.58. The summed E-state index contributed by atoms with van der Waals surface area (Å²) in [5.41, 5.74) is 5.37. The van der Waals surface area contributed by atoms with Crippen molar-refractivity contribution in [3.8, 4) is 5.75 Å². The van der Waals surface area contributed by atoms with Gasteiger partial charge in [0.05, 0.1) is 12.2 Å². The molecule has 0 saturated heterocycles. The van der Waals surface area contributed by atoms with Gasteiger partial charge in [-0.2, -0.15) is 0 Å². The molecule has 0 atom stereocenters. The Morgan fingerprint density at radius 1 is 1.53 bits per heavy atom. The monoisotopic (exact) mass is 208 g/mol. The van der Waals surface area contributed by atoms with Crippen molar-refractivity contribution in [3.63, 3.8) is 0 Å². The largest absolute Gasteiger partial charge is 0.492 e. The molecule has 0 amide bonds. The van der Waals surface area contributed by atoms with Crippen LogP contribution >= 0.6 is 0 Å². The first kappa shape index (κ1) is 9.96. The third-order valence-electron chi connectivity index (χ3n) is 2.42. The van der Waals surface area contributed by atoms with Gasteiger partial charge in [-0.3, -0.25) is 5.41 Å². The molecule has 80 valence electrons. The predicted octanol–water partition coefficient (Wildman–Crippen LogP) is 1.90. The molecule has 0 heterocycles. The number of hydrogen-bond acceptors (Lipinski definition) is 2. The molecule has 1 aliphatic carbocycles. The average Bonchev–Trinajstić information content (AvgIpc) is 2.97. The second-order valence-electron chi connectivity index (χ2n) is 3.78. The van der Waals surface area contributed by atoms with Crippen LogP contribution in [0.1, 0.15) is 18.4 Å². The second-order valence-corrected chi connectivity index (χ2v) is 3.78. The smallest absolute Gasteiger partial charge is 0.137 e. The van der Waals surface area contributed by atoms with Crippen LogP contribution in [0, 0.1) is 17.1 Å². The fourth-order valence-corrected chi connectivity index (χ4v) is 1.38. The van der Waals surface area contributed by atoms with Crippen LogP contribution < -0.4 is 10.5 Å². The third kappa shape index (κ3) is 2.26. The van der Waals surface area contributed by atoms with Crippen LogP contribution in [0.5, 0.6) is 5.75 Å². The lowest BCUT2D eigenvalue weighted by molar-refractivity contribution is 0.297. The maximum absolute atomic E-state index is 13.3. The van der Waals surface area contributed by atoms with Gasteiger partial charge in [0.15, 0.2) is 0 Å². The van der Waals surface area contributed by atoms with E-state index < -0.39 is 5.82 Å². The van der Waals surface area contributed by atoms with E-state index in [0.717, 1.165) is 0 Å². The number of nitrogens with one attached hydrogen (secondary N) is 1. The fraction of sp³-hybridized carbons (Fsp3) is 0.364. The maximum Gasteiger partial charge on any atom is 0.137 e. The molecule has 1 saturated carbocycles. The SMILES string of the molecule is N=C(N)c1c(F)cccc1OCC1CC1. The van der Waals surface area contributed by atoms with E-state index in [-0.39, 0.29) is 11.4 Å². The minimum atomic E-state index is -0.504. The number of benzene rings is 1. The van der Waals surface area contributed by atoms with Gasteiger partial charge in [0.2, 0.25) is 0 Å². The molecule has 0 unspecified atom stereocenters. The first-order valence-corrected chi connectivity index (χ1v) is 4.94. The number of amidine groups is 1. The zero-order chi connectivity index (χ0) is 10.8. The summed E-state index contributed by atoms with van der Waals surface area (Å²) in [6.07, 6.45) is 2.34. The van der Waals surface area contributed by atoms with Gasteiger partial charge in [-0.1, -0.05) is 6.07 Å². The van der Waals surface area contributed by atoms with E-state index in [1.165, 1.54) is 18.9 Å². The Hall–Kier alpha value is -1.58. The minimum Gasteiger partial charge on any atom is -0.492 e. The molecule has 0 bridgehead atoms. The van der Waals surface area contributed by atoms with Gasteiger partial charge in [0.25, 0.3) is 0 Å². The van der Waals surface area contributed by atoms with Crippen molar-refractivity contribution in [3.05, 3.63) is 29.6 Å². The Balaban J connectivity index is 2.19. The normalized spacial score (nSPS) is 15.0. The van der Waals surface area contributed by atoms with E-state index in [1.54, 1.807) is 12.1 Å². The molecule has 0 aliphatic heterocycles. The molecular formula is C11H13FN2O. The highest BCUT2D eigenvalue weighted by Crippen LogP contribution is 2.30. The van der Waals surface area contributed by atoms with Crippen molar-refractivity contribution in [2.75, 3.05) is 6.61 Å². The highest BCUT2D eigenvalue weighted by atomic mass is 19.1. The van der Waals surface area contributed by atoms with E-state index in [0.29, 0.717) is 18.3 Å². The lowest BCUT2D eigenvalue weighted by Crippen LogP contribution is -2.15. The van der Waals surface area contributed by atoms with Gasteiger partial charge in [-0.15, -0.1) is 0 Å². The van der Waals surface area contributed by atoms with Crippen LogP contribution in [0.3, 0.4) is 0 Å². The van der Waals surface area contributed by atoms with Gasteiger partial charge >= 0.3 is 0 Å². The molecule has 1 fully saturated rings. The summed E-state index contributed by atoms with van der Waals surface area (Å²) in [6.45, 7) is 0.587. The molecule has 1 aromatic rings. The van der Waals surface area contributed by atoms with Crippen molar-refractivity contribution >= 4 is 5.84 Å². The maximum atomic E-state index is 13.3. The summed E-state index contributed by atoms with van der Waals surface area (Å²) in [7, 11) is 0. The summed E-state index contributed by atoms with van der Waals surface area (Å²) in [4.78, 5) is 0. The second kappa shape index (κ2) is 3.88. The number of nitrogens with two attached hydrogens (primary N) is 1. The fourth-order valence-electron chi connectivity index (χ4n) is 1.38. The van der Waals surface area contributed by atoms with Crippen molar-refractivity contribution in [1.29, 1.82) is 5.41 Å². The van der Waals surface area contributed by atoms with E-state index >= 15 is 0 Å². The van der Waals surface area contributed by atoms with Crippen LogP contribution in [0.25, 0.3) is 0 Å². The lowest BCUT2D eigenvalue weighted by Gasteiger charge is -2.10. The first-order chi connectivity index (χ1) is 7.18. The molecule has 0 spiro atoms. The minimum absolute atomic E-state index is 0.0677. The topological polar surface area (TPSA) is 59.1 Å². The first-order valence-electron chi connectivity index (χ1n) is 4.94. The quantitative estimate of drug-likeness (QED) is 0.586. The van der Waals surface area contributed by atoms with Gasteiger partial charge < -0.3 is 10.5 Å². The number of nitrogen functional groups attached to an aromatic ring is 1. The van der Waals surface area contributed by atoms with Crippen LogP contribution in [-0.2, 0) is 0 Å². The molecule has 3 N–H and O–H groups in total. The third-order valence-corrected chi connectivity index (χ3v) is 2.42. The molecule has 3 nitrogen and oxygen atoms in total. The van der Waals surface area contributed by atoms with Crippen LogP contribution in [0.4, 0.5) is 4.39 Å².